The molecule has 1 atom stereocenters. The number of nitrogens with one attached hydrogen (secondary N) is 1. The molecule has 7 nitrogen and oxygen atoms in total. The van der Waals surface area contributed by atoms with Gasteiger partial charge in [0.2, 0.25) is 5.95 Å². The van der Waals surface area contributed by atoms with Crippen LogP contribution in [-0.2, 0) is 4.74 Å². The number of nitrogens with zero attached hydrogens (tertiary/aromatic N) is 4. The van der Waals surface area contributed by atoms with Crippen LogP contribution in [0.15, 0.2) is 6.17 Å². The molecule has 128 valence electrons. The second-order valence-corrected chi connectivity index (χ2v) is 7.13. The minimum absolute atomic E-state index is 0.00751. The molecule has 0 radical (unpaired) electrons. The molecule has 0 aliphatic carbocycles. The third-order valence-electron chi connectivity index (χ3n) is 3.26. The van der Waals surface area contributed by atoms with Gasteiger partial charge in [0.15, 0.2) is 5.82 Å². The van der Waals surface area contributed by atoms with Crippen LogP contribution in [0.1, 0.15) is 28.6 Å². The number of ether oxygens (including phenoxy) is 1. The van der Waals surface area contributed by atoms with E-state index in [2.05, 4.69) is 15.3 Å². The van der Waals surface area contributed by atoms with E-state index in [1.807, 2.05) is 20.8 Å². The van der Waals surface area contributed by atoms with Crippen LogP contribution in [0.3, 0.4) is 0 Å². The molecule has 2 heterocycles. The van der Waals surface area contributed by atoms with E-state index in [0.717, 1.165) is 6.42 Å². The molecular weight excluding hydrogens is 318 g/mol. The van der Waals surface area contributed by atoms with E-state index >= 15 is 0 Å². The maximum atomic E-state index is 12.1. The number of hydrogen-bond acceptors (Lipinski definition) is 6. The van der Waals surface area contributed by atoms with Crippen molar-refractivity contribution in [2.24, 2.45) is 0 Å². The molecule has 1 N–H and O–H groups in total. The summed E-state index contributed by atoms with van der Waals surface area (Å²) < 4.78 is 13.2. The van der Waals surface area contributed by atoms with Crippen LogP contribution in [0, 0.1) is 0 Å². The summed E-state index contributed by atoms with van der Waals surface area (Å²) >= 11 is 6.05. The van der Waals surface area contributed by atoms with Gasteiger partial charge < -0.3 is 19.9 Å². The van der Waals surface area contributed by atoms with Crippen LogP contribution in [0.4, 0.5) is 16.6 Å². The lowest BCUT2D eigenvalue weighted by Gasteiger charge is -2.24. The molecule has 1 saturated heterocycles. The van der Waals surface area contributed by atoms with Gasteiger partial charge in [-0.1, -0.05) is 11.6 Å². The first-order chi connectivity index (χ1) is 11.1. The van der Waals surface area contributed by atoms with E-state index in [1.165, 1.54) is 0 Å². The lowest BCUT2D eigenvalue weighted by Crippen LogP contribution is -2.36. The van der Waals surface area contributed by atoms with Gasteiger partial charge in [0.05, 0.1) is 7.54 Å². The number of anilines is 2. The second kappa shape index (κ2) is 6.78. The first kappa shape index (κ1) is 16.1. The molecule has 1 aromatic rings. The molecule has 0 aromatic carbocycles. The van der Waals surface area contributed by atoms with Crippen LogP contribution in [0.2, 0.25) is 5.02 Å². The average molecular weight is 343 g/mol. The summed E-state index contributed by atoms with van der Waals surface area (Å²) in [5.74, 6) is 0.824. The molecule has 1 aliphatic rings. The van der Waals surface area contributed by atoms with E-state index < -0.39 is 5.60 Å². The number of rotatable bonds is 3. The maximum absolute atomic E-state index is 12.1. The fourth-order valence-corrected chi connectivity index (χ4v) is 2.49. The molecule has 0 unspecified atom stereocenters. The Kier molecular flexibility index (Phi) is 4.75. The van der Waals surface area contributed by atoms with Crippen molar-refractivity contribution < 1.29 is 10.9 Å². The molecule has 2 rings (SSSR count). The zero-order valence-electron chi connectivity index (χ0n) is 15.2. The SMILES string of the molecule is [2H]c1nc(N[C@H]2CCN(C(=O)OC(C)(C)C)C2)nc(N(C)C)c1Cl. The van der Waals surface area contributed by atoms with E-state index in [0.29, 0.717) is 24.9 Å². The fourth-order valence-electron chi connectivity index (χ4n) is 2.24. The summed E-state index contributed by atoms with van der Waals surface area (Å²) in [4.78, 5) is 23.9. The minimum atomic E-state index is -0.511. The van der Waals surface area contributed by atoms with Crippen LogP contribution in [-0.4, -0.2) is 59.8 Å². The van der Waals surface area contributed by atoms with Crippen LogP contribution in [0.25, 0.3) is 0 Å². The van der Waals surface area contributed by atoms with Gasteiger partial charge in [0, 0.05) is 33.2 Å². The highest BCUT2D eigenvalue weighted by Crippen LogP contribution is 2.23. The number of hydrogen-bond donors (Lipinski definition) is 1. The molecular formula is C15H24ClN5O2. The van der Waals surface area contributed by atoms with E-state index in [1.54, 1.807) is 23.9 Å². The van der Waals surface area contributed by atoms with Crippen molar-refractivity contribution in [2.75, 3.05) is 37.4 Å². The van der Waals surface area contributed by atoms with Gasteiger partial charge in [-0.3, -0.25) is 0 Å². The molecule has 1 aromatic heterocycles. The molecule has 8 heteroatoms. The molecule has 0 saturated carbocycles. The summed E-state index contributed by atoms with van der Waals surface area (Å²) in [6, 6.07) is 0.00751. The van der Waals surface area contributed by atoms with E-state index in [9.17, 15) is 4.79 Å². The topological polar surface area (TPSA) is 70.6 Å². The third-order valence-corrected chi connectivity index (χ3v) is 3.52. The summed E-state index contributed by atoms with van der Waals surface area (Å²) in [7, 11) is 3.61. The van der Waals surface area contributed by atoms with Crippen molar-refractivity contribution in [3.63, 3.8) is 0 Å². The zero-order chi connectivity index (χ0) is 18.1. The van der Waals surface area contributed by atoms with Gasteiger partial charge in [-0.2, -0.15) is 4.98 Å². The Hall–Kier alpha value is -1.76. The van der Waals surface area contributed by atoms with E-state index in [4.69, 9.17) is 17.7 Å². The van der Waals surface area contributed by atoms with Crippen molar-refractivity contribution in [1.29, 1.82) is 0 Å². The molecule has 0 spiro atoms. The lowest BCUT2D eigenvalue weighted by molar-refractivity contribution is 0.0293. The number of carbonyl (C=O) groups is 1. The third kappa shape index (κ3) is 4.86. The predicted molar refractivity (Wildman–Crippen MR) is 91.2 cm³/mol. The van der Waals surface area contributed by atoms with Crippen molar-refractivity contribution in [3.05, 3.63) is 11.2 Å². The second-order valence-electron chi connectivity index (χ2n) is 6.75. The Labute approximate surface area is 143 Å². The average Bonchev–Trinajstić information content (AvgIpc) is 2.89. The van der Waals surface area contributed by atoms with Crippen molar-refractivity contribution in [1.82, 2.24) is 14.9 Å². The van der Waals surface area contributed by atoms with Gasteiger partial charge in [0.1, 0.15) is 10.6 Å². The Morgan fingerprint density at radius 1 is 1.57 bits per heavy atom. The highest BCUT2D eigenvalue weighted by Gasteiger charge is 2.30. The summed E-state index contributed by atoms with van der Waals surface area (Å²) in [6.07, 6.45) is 0.411. The smallest absolute Gasteiger partial charge is 0.410 e. The number of carbonyl (C=O) groups excluding carboxylic acids is 1. The number of amides is 1. The number of halogens is 1. The number of likely N-dealkylation sites (tertiary alicyclic amines) is 1. The van der Waals surface area contributed by atoms with Gasteiger partial charge in [-0.15, -0.1) is 0 Å². The van der Waals surface area contributed by atoms with Crippen LogP contribution >= 0.6 is 11.6 Å². The van der Waals surface area contributed by atoms with Gasteiger partial charge in [-0.05, 0) is 27.2 Å². The molecule has 1 aliphatic heterocycles. The van der Waals surface area contributed by atoms with Crippen molar-refractivity contribution in [2.45, 2.75) is 38.8 Å². The van der Waals surface area contributed by atoms with Crippen molar-refractivity contribution >= 4 is 29.5 Å². The first-order valence-corrected chi connectivity index (χ1v) is 7.90. The monoisotopic (exact) mass is 342 g/mol. The Morgan fingerprint density at radius 3 is 2.87 bits per heavy atom. The van der Waals surface area contributed by atoms with Crippen LogP contribution in [0.5, 0.6) is 0 Å². The summed E-state index contributed by atoms with van der Waals surface area (Å²) in [5.41, 5.74) is -0.511. The Bertz CT molecular complexity index is 621. The zero-order valence-corrected chi connectivity index (χ0v) is 14.9. The molecule has 1 fully saturated rings. The Balaban J connectivity index is 2.02. The Morgan fingerprint density at radius 2 is 2.26 bits per heavy atom. The van der Waals surface area contributed by atoms with Crippen molar-refractivity contribution in [3.8, 4) is 0 Å². The highest BCUT2D eigenvalue weighted by molar-refractivity contribution is 6.32. The van der Waals surface area contributed by atoms with Crippen LogP contribution < -0.4 is 10.2 Å². The summed E-state index contributed by atoms with van der Waals surface area (Å²) in [6.45, 7) is 6.64. The largest absolute Gasteiger partial charge is 0.444 e. The fraction of sp³-hybridized carbons (Fsp3) is 0.667. The lowest BCUT2D eigenvalue weighted by atomic mass is 10.2. The normalized spacial score (nSPS) is 18.6. The standard InChI is InChI=1S/C15H24ClN5O2/c1-15(2,3)23-14(22)21-7-6-10(9-21)18-13-17-8-11(16)12(19-13)20(4)5/h8,10H,6-7,9H2,1-5H3,(H,17,18,19)/t10-/m0/s1/i8D. The molecule has 0 bridgehead atoms. The molecule has 1 amide bonds. The summed E-state index contributed by atoms with van der Waals surface area (Å²) in [5, 5.41) is 3.39. The van der Waals surface area contributed by atoms with Gasteiger partial charge >= 0.3 is 6.09 Å². The van der Waals surface area contributed by atoms with Gasteiger partial charge in [-0.25, -0.2) is 9.78 Å². The minimum Gasteiger partial charge on any atom is -0.444 e. The quantitative estimate of drug-likeness (QED) is 0.910. The first-order valence-electron chi connectivity index (χ1n) is 8.03. The van der Waals surface area contributed by atoms with E-state index in [-0.39, 0.29) is 23.3 Å². The predicted octanol–water partition coefficient (Wildman–Crippen LogP) is 2.62. The molecule has 23 heavy (non-hydrogen) atoms. The number of aromatic nitrogens is 2. The maximum Gasteiger partial charge on any atom is 0.410 e. The van der Waals surface area contributed by atoms with Gasteiger partial charge in [0.25, 0.3) is 0 Å². The highest BCUT2D eigenvalue weighted by atomic mass is 35.5.